The predicted octanol–water partition coefficient (Wildman–Crippen LogP) is 2.72. The Balaban J connectivity index is 1.81. The number of furan rings is 1. The van der Waals surface area contributed by atoms with E-state index >= 15 is 0 Å². The number of aromatic nitrogens is 2. The number of pyridine rings is 1. The number of fused-ring (bicyclic) bond motifs is 1. The molecule has 0 fully saturated rings. The molecule has 112 valence electrons. The average Bonchev–Trinajstić information content (AvgIpc) is 2.92. The number of aryl methyl sites for hydroxylation is 1. The van der Waals surface area contributed by atoms with Gasteiger partial charge in [0.15, 0.2) is 0 Å². The summed E-state index contributed by atoms with van der Waals surface area (Å²) in [4.78, 5) is 28.1. The van der Waals surface area contributed by atoms with Crippen LogP contribution in [0.3, 0.4) is 0 Å². The molecule has 3 rings (SSSR count). The van der Waals surface area contributed by atoms with Gasteiger partial charge < -0.3 is 9.15 Å². The van der Waals surface area contributed by atoms with Crippen molar-refractivity contribution in [2.45, 2.75) is 13.5 Å². The molecule has 3 heterocycles. The number of carbonyl (C=O) groups is 1. The van der Waals surface area contributed by atoms with Crippen molar-refractivity contribution in [3.8, 4) is 0 Å². The van der Waals surface area contributed by atoms with Crippen LogP contribution in [-0.2, 0) is 11.3 Å². The molecule has 0 aromatic carbocycles. The van der Waals surface area contributed by atoms with Crippen LogP contribution in [0.15, 0.2) is 50.2 Å². The monoisotopic (exact) mass is 362 g/mol. The Labute approximate surface area is 133 Å². The topological polar surface area (TPSA) is 73.8 Å². The first-order chi connectivity index (χ1) is 10.5. The van der Waals surface area contributed by atoms with Gasteiger partial charge in [-0.3, -0.25) is 9.20 Å². The number of hydrogen-bond donors (Lipinski definition) is 0. The fraction of sp³-hybridized carbons (Fsp3) is 0.133. The summed E-state index contributed by atoms with van der Waals surface area (Å²) in [5, 5.41) is 0. The highest BCUT2D eigenvalue weighted by Gasteiger charge is 2.12. The first-order valence-electron chi connectivity index (χ1n) is 6.44. The maximum Gasteiger partial charge on any atom is 0.374 e. The Hall–Kier alpha value is -2.41. The van der Waals surface area contributed by atoms with E-state index < -0.39 is 5.97 Å². The molecule has 7 heteroatoms. The van der Waals surface area contributed by atoms with Crippen molar-refractivity contribution < 1.29 is 13.9 Å². The molecular weight excluding hydrogens is 352 g/mol. The van der Waals surface area contributed by atoms with E-state index in [9.17, 15) is 9.59 Å². The van der Waals surface area contributed by atoms with Crippen molar-refractivity contribution in [3.05, 3.63) is 68.6 Å². The molecule has 0 saturated heterocycles. The smallest absolute Gasteiger partial charge is 0.374 e. The number of halogens is 1. The molecule has 0 atom stereocenters. The third kappa shape index (κ3) is 2.94. The quantitative estimate of drug-likeness (QED) is 0.669. The highest BCUT2D eigenvalue weighted by Crippen LogP contribution is 2.11. The number of esters is 1. The van der Waals surface area contributed by atoms with Crippen LogP contribution < -0.4 is 5.56 Å². The third-order valence-corrected chi connectivity index (χ3v) is 3.44. The van der Waals surface area contributed by atoms with Gasteiger partial charge in [0.25, 0.3) is 5.56 Å². The average molecular weight is 363 g/mol. The summed E-state index contributed by atoms with van der Waals surface area (Å²) in [5.41, 5.74) is 0.616. The van der Waals surface area contributed by atoms with Gasteiger partial charge in [0.1, 0.15) is 18.0 Å². The molecule has 0 bridgehead atoms. The number of nitrogens with zero attached hydrogens (tertiary/aromatic N) is 2. The van der Waals surface area contributed by atoms with Crippen molar-refractivity contribution in [2.24, 2.45) is 0 Å². The van der Waals surface area contributed by atoms with Crippen molar-refractivity contribution in [2.75, 3.05) is 0 Å². The van der Waals surface area contributed by atoms with Crippen LogP contribution in [0.4, 0.5) is 0 Å². The summed E-state index contributed by atoms with van der Waals surface area (Å²) in [7, 11) is 0. The van der Waals surface area contributed by atoms with Gasteiger partial charge in [-0.05, 0) is 47.1 Å². The van der Waals surface area contributed by atoms with E-state index in [4.69, 9.17) is 9.15 Å². The maximum atomic E-state index is 12.0. The molecular formula is C15H11BrN2O4. The molecule has 0 radical (unpaired) electrons. The summed E-state index contributed by atoms with van der Waals surface area (Å²) >= 11 is 3.30. The maximum absolute atomic E-state index is 12.0. The molecule has 0 aliphatic rings. The largest absolute Gasteiger partial charge is 0.454 e. The lowest BCUT2D eigenvalue weighted by Gasteiger charge is -2.05. The van der Waals surface area contributed by atoms with E-state index in [1.54, 1.807) is 31.3 Å². The highest BCUT2D eigenvalue weighted by molar-refractivity contribution is 9.10. The Morgan fingerprint density at radius 2 is 2.18 bits per heavy atom. The van der Waals surface area contributed by atoms with Crippen LogP contribution in [0.2, 0.25) is 0 Å². The normalized spacial score (nSPS) is 10.8. The number of carbonyl (C=O) groups excluding carboxylic acids is 1. The van der Waals surface area contributed by atoms with Crippen LogP contribution >= 0.6 is 15.9 Å². The van der Waals surface area contributed by atoms with Crippen LogP contribution in [0, 0.1) is 6.92 Å². The number of hydrogen-bond acceptors (Lipinski definition) is 5. The molecule has 6 nitrogen and oxygen atoms in total. The van der Waals surface area contributed by atoms with E-state index in [0.29, 0.717) is 17.1 Å². The Morgan fingerprint density at radius 3 is 2.91 bits per heavy atom. The first-order valence-corrected chi connectivity index (χ1v) is 7.23. The lowest BCUT2D eigenvalue weighted by molar-refractivity contribution is 0.0429. The summed E-state index contributed by atoms with van der Waals surface area (Å²) in [6.07, 6.45) is 1.63. The summed E-state index contributed by atoms with van der Waals surface area (Å²) in [6, 6.07) is 8.03. The highest BCUT2D eigenvalue weighted by atomic mass is 79.9. The van der Waals surface area contributed by atoms with Gasteiger partial charge in [0.05, 0.1) is 5.69 Å². The molecule has 22 heavy (non-hydrogen) atoms. The van der Waals surface area contributed by atoms with Gasteiger partial charge in [-0.15, -0.1) is 0 Å². The summed E-state index contributed by atoms with van der Waals surface area (Å²) in [5.74, 6) is 0.157. The molecule has 3 aromatic rings. The minimum atomic E-state index is -0.592. The van der Waals surface area contributed by atoms with E-state index in [2.05, 4.69) is 20.9 Å². The molecule has 0 N–H and O–H groups in total. The number of rotatable bonds is 3. The first kappa shape index (κ1) is 14.5. The Kier molecular flexibility index (Phi) is 3.81. The van der Waals surface area contributed by atoms with Gasteiger partial charge in [-0.1, -0.05) is 0 Å². The zero-order chi connectivity index (χ0) is 15.7. The minimum Gasteiger partial charge on any atom is -0.454 e. The second kappa shape index (κ2) is 5.76. The fourth-order valence-electron chi connectivity index (χ4n) is 1.95. The Bertz CT molecular complexity index is 913. The zero-order valence-electron chi connectivity index (χ0n) is 11.6. The molecule has 0 aliphatic carbocycles. The van der Waals surface area contributed by atoms with Gasteiger partial charge in [-0.2, -0.15) is 0 Å². The second-order valence-corrected chi connectivity index (χ2v) is 5.56. The van der Waals surface area contributed by atoms with E-state index in [1.807, 2.05) is 0 Å². The second-order valence-electron chi connectivity index (χ2n) is 4.65. The van der Waals surface area contributed by atoms with Crippen LogP contribution in [-0.4, -0.2) is 15.4 Å². The predicted molar refractivity (Wildman–Crippen MR) is 81.7 cm³/mol. The zero-order valence-corrected chi connectivity index (χ0v) is 13.2. The van der Waals surface area contributed by atoms with Crippen molar-refractivity contribution >= 4 is 27.5 Å². The molecule has 0 aliphatic heterocycles. The van der Waals surface area contributed by atoms with Crippen molar-refractivity contribution in [1.82, 2.24) is 9.38 Å². The van der Waals surface area contributed by atoms with E-state index in [-0.39, 0.29) is 17.9 Å². The lowest BCUT2D eigenvalue weighted by atomic mass is 10.4. The van der Waals surface area contributed by atoms with Crippen LogP contribution in [0.1, 0.15) is 22.0 Å². The van der Waals surface area contributed by atoms with E-state index in [0.717, 1.165) is 4.47 Å². The SMILES string of the molecule is Cc1ccc(C(=O)OCc2cc(=O)n3cc(Br)ccc3n2)o1. The standard InChI is InChI=1S/C15H11BrN2O4/c1-9-2-4-12(22-9)15(20)21-8-11-6-14(19)18-7-10(16)3-5-13(18)17-11/h2-7H,8H2,1H3. The molecule has 0 spiro atoms. The third-order valence-electron chi connectivity index (χ3n) is 2.97. The Morgan fingerprint density at radius 1 is 1.36 bits per heavy atom. The molecule has 0 unspecified atom stereocenters. The van der Waals surface area contributed by atoms with Crippen LogP contribution in [0.25, 0.3) is 5.65 Å². The van der Waals surface area contributed by atoms with Crippen molar-refractivity contribution in [1.29, 1.82) is 0 Å². The summed E-state index contributed by atoms with van der Waals surface area (Å²) in [6.45, 7) is 1.64. The van der Waals surface area contributed by atoms with Gasteiger partial charge in [0.2, 0.25) is 5.76 Å². The minimum absolute atomic E-state index is 0.0968. The molecule has 3 aromatic heterocycles. The van der Waals surface area contributed by atoms with Gasteiger partial charge in [0, 0.05) is 16.7 Å². The van der Waals surface area contributed by atoms with Crippen LogP contribution in [0.5, 0.6) is 0 Å². The fourth-order valence-corrected chi connectivity index (χ4v) is 2.29. The van der Waals surface area contributed by atoms with Gasteiger partial charge >= 0.3 is 5.97 Å². The summed E-state index contributed by atoms with van der Waals surface area (Å²) < 4.78 is 12.5. The lowest BCUT2D eigenvalue weighted by Crippen LogP contribution is -2.16. The molecule has 0 amide bonds. The number of ether oxygens (including phenoxy) is 1. The van der Waals surface area contributed by atoms with Gasteiger partial charge in [-0.25, -0.2) is 9.78 Å². The van der Waals surface area contributed by atoms with Crippen molar-refractivity contribution in [3.63, 3.8) is 0 Å². The molecule has 0 saturated carbocycles. The van der Waals surface area contributed by atoms with E-state index in [1.165, 1.54) is 16.5 Å².